The number of rotatable bonds is 6. The van der Waals surface area contributed by atoms with Gasteiger partial charge < -0.3 is 10.7 Å². The molecule has 2 heterocycles. The first-order valence-electron chi connectivity index (χ1n) is 7.05. The molecule has 0 amide bonds. The van der Waals surface area contributed by atoms with Crippen LogP contribution in [0, 0.1) is 0 Å². The van der Waals surface area contributed by atoms with E-state index in [-0.39, 0.29) is 12.2 Å². The van der Waals surface area contributed by atoms with Crippen LogP contribution in [0.4, 0.5) is 5.69 Å². The van der Waals surface area contributed by atoms with Crippen LogP contribution in [-0.2, 0) is 17.6 Å². The first-order chi connectivity index (χ1) is 11.1. The van der Waals surface area contributed by atoms with Crippen molar-refractivity contribution in [1.29, 1.82) is 0 Å². The van der Waals surface area contributed by atoms with Gasteiger partial charge in [0.05, 0.1) is 0 Å². The summed E-state index contributed by atoms with van der Waals surface area (Å²) < 4.78 is 0. The molecule has 0 bridgehead atoms. The molecule has 0 unspecified atom stereocenters. The monoisotopic (exact) mass is 309 g/mol. The second-order valence-corrected chi connectivity index (χ2v) is 5.18. The number of nitrogens with zero attached hydrogens (tertiary/aromatic N) is 2. The fraction of sp³-hybridized carbons (Fsp3) is 0.125. The van der Waals surface area contributed by atoms with E-state index in [0.29, 0.717) is 12.1 Å². The van der Waals surface area contributed by atoms with Crippen molar-refractivity contribution in [2.24, 2.45) is 0 Å². The molecule has 4 N–H and O–H groups in total. The van der Waals surface area contributed by atoms with Crippen LogP contribution in [-0.4, -0.2) is 31.7 Å². The standard InChI is InChI=1S/C16H15N5O2/c17-13-3-1-10(2-4-13)5-11-7-18-8-12(11)6-14(22)15(23)16-19-9-20-21-16/h1-4,7-9,18H,5-6,17H2,(H,19,20,21). The molecule has 3 aromatic rings. The summed E-state index contributed by atoms with van der Waals surface area (Å²) in [6.07, 6.45) is 5.50. The Hall–Kier alpha value is -3.22. The number of nitrogen functional groups attached to an aromatic ring is 1. The lowest BCUT2D eigenvalue weighted by molar-refractivity contribution is -0.114. The second-order valence-electron chi connectivity index (χ2n) is 5.18. The molecule has 7 heteroatoms. The third-order valence-corrected chi connectivity index (χ3v) is 3.52. The SMILES string of the molecule is Nc1ccc(Cc2c[nH]cc2CC(=O)C(=O)c2nc[nH]n2)cc1. The highest BCUT2D eigenvalue weighted by atomic mass is 16.2. The summed E-state index contributed by atoms with van der Waals surface area (Å²) in [6.45, 7) is 0. The number of hydrogen-bond acceptors (Lipinski definition) is 5. The number of anilines is 1. The number of carbonyl (C=O) groups excluding carboxylic acids is 2. The fourth-order valence-corrected chi connectivity index (χ4v) is 2.31. The Morgan fingerprint density at radius 2 is 1.83 bits per heavy atom. The summed E-state index contributed by atoms with van der Waals surface area (Å²) in [4.78, 5) is 30.7. The van der Waals surface area contributed by atoms with E-state index >= 15 is 0 Å². The van der Waals surface area contributed by atoms with E-state index in [1.54, 1.807) is 6.20 Å². The summed E-state index contributed by atoms with van der Waals surface area (Å²) in [7, 11) is 0. The maximum Gasteiger partial charge on any atom is 0.267 e. The minimum Gasteiger partial charge on any atom is -0.399 e. The smallest absolute Gasteiger partial charge is 0.267 e. The second kappa shape index (κ2) is 6.27. The molecule has 0 aliphatic rings. The maximum absolute atomic E-state index is 12.1. The lowest BCUT2D eigenvalue weighted by Crippen LogP contribution is -2.18. The highest BCUT2D eigenvalue weighted by molar-refractivity contribution is 6.43. The summed E-state index contributed by atoms with van der Waals surface area (Å²) in [5.74, 6) is -1.33. The average Bonchev–Trinajstić information content (AvgIpc) is 3.21. The van der Waals surface area contributed by atoms with Gasteiger partial charge in [-0.05, 0) is 35.2 Å². The lowest BCUT2D eigenvalue weighted by atomic mass is 9.99. The van der Waals surface area contributed by atoms with Crippen LogP contribution in [0.1, 0.15) is 27.3 Å². The molecule has 116 valence electrons. The van der Waals surface area contributed by atoms with Crippen LogP contribution < -0.4 is 5.73 Å². The number of H-pyrrole nitrogens is 2. The number of hydrogen-bond donors (Lipinski definition) is 3. The Kier molecular flexibility index (Phi) is 4.01. The molecule has 0 aliphatic carbocycles. The van der Waals surface area contributed by atoms with Crippen LogP contribution in [0.2, 0.25) is 0 Å². The van der Waals surface area contributed by atoms with Gasteiger partial charge in [0.1, 0.15) is 6.33 Å². The van der Waals surface area contributed by atoms with Crippen LogP contribution in [0.25, 0.3) is 0 Å². The molecule has 23 heavy (non-hydrogen) atoms. The van der Waals surface area contributed by atoms with Crippen molar-refractivity contribution in [3.63, 3.8) is 0 Å². The molecule has 1 aromatic carbocycles. The zero-order chi connectivity index (χ0) is 16.2. The van der Waals surface area contributed by atoms with Crippen molar-refractivity contribution in [2.75, 3.05) is 5.73 Å². The van der Waals surface area contributed by atoms with Crippen LogP contribution in [0.5, 0.6) is 0 Å². The Morgan fingerprint density at radius 3 is 2.52 bits per heavy atom. The molecule has 0 saturated carbocycles. The first-order valence-corrected chi connectivity index (χ1v) is 7.05. The van der Waals surface area contributed by atoms with E-state index in [0.717, 1.165) is 16.7 Å². The van der Waals surface area contributed by atoms with Crippen LogP contribution >= 0.6 is 0 Å². The lowest BCUT2D eigenvalue weighted by Gasteiger charge is -2.04. The van der Waals surface area contributed by atoms with Gasteiger partial charge in [-0.3, -0.25) is 14.7 Å². The molecular weight excluding hydrogens is 294 g/mol. The molecule has 0 radical (unpaired) electrons. The topological polar surface area (TPSA) is 118 Å². The third-order valence-electron chi connectivity index (χ3n) is 3.52. The van der Waals surface area contributed by atoms with Crippen LogP contribution in [0.15, 0.2) is 43.0 Å². The maximum atomic E-state index is 12.1. The molecule has 0 aliphatic heterocycles. The number of aromatic amines is 2. The Morgan fingerprint density at radius 1 is 1.09 bits per heavy atom. The minimum atomic E-state index is -0.689. The van der Waals surface area contributed by atoms with Gasteiger partial charge in [0.2, 0.25) is 11.6 Å². The van der Waals surface area contributed by atoms with Gasteiger partial charge in [0, 0.05) is 24.5 Å². The number of nitrogens with one attached hydrogen (secondary N) is 2. The fourth-order valence-electron chi connectivity index (χ4n) is 2.31. The zero-order valence-corrected chi connectivity index (χ0v) is 12.2. The molecule has 0 spiro atoms. The van der Waals surface area contributed by atoms with E-state index in [1.165, 1.54) is 6.33 Å². The van der Waals surface area contributed by atoms with Gasteiger partial charge in [-0.25, -0.2) is 4.98 Å². The highest BCUT2D eigenvalue weighted by Gasteiger charge is 2.21. The summed E-state index contributed by atoms with van der Waals surface area (Å²) in [5, 5.41) is 6.06. The van der Waals surface area contributed by atoms with Crippen molar-refractivity contribution < 1.29 is 9.59 Å². The van der Waals surface area contributed by atoms with Crippen molar-refractivity contribution in [2.45, 2.75) is 12.8 Å². The number of Topliss-reactive ketones (excluding diaryl/α,β-unsaturated/α-hetero) is 2. The largest absolute Gasteiger partial charge is 0.399 e. The van der Waals surface area contributed by atoms with Gasteiger partial charge >= 0.3 is 0 Å². The van der Waals surface area contributed by atoms with E-state index in [9.17, 15) is 9.59 Å². The summed E-state index contributed by atoms with van der Waals surface area (Å²) >= 11 is 0. The van der Waals surface area contributed by atoms with Crippen molar-refractivity contribution in [1.82, 2.24) is 20.2 Å². The van der Waals surface area contributed by atoms with Gasteiger partial charge in [0.15, 0.2) is 0 Å². The predicted molar refractivity (Wildman–Crippen MR) is 83.9 cm³/mol. The predicted octanol–water partition coefficient (Wildman–Crippen LogP) is 1.30. The number of ketones is 2. The molecule has 2 aromatic heterocycles. The van der Waals surface area contributed by atoms with Gasteiger partial charge in [0.25, 0.3) is 5.78 Å². The van der Waals surface area contributed by atoms with E-state index in [1.807, 2.05) is 30.5 Å². The summed E-state index contributed by atoms with van der Waals surface area (Å²) in [5.41, 5.74) is 9.21. The number of nitrogens with two attached hydrogens (primary N) is 1. The van der Waals surface area contributed by atoms with Crippen LogP contribution in [0.3, 0.4) is 0 Å². The highest BCUT2D eigenvalue weighted by Crippen LogP contribution is 2.16. The normalized spacial score (nSPS) is 10.6. The minimum absolute atomic E-state index is 0.0151. The van der Waals surface area contributed by atoms with E-state index in [4.69, 9.17) is 5.73 Å². The van der Waals surface area contributed by atoms with Gasteiger partial charge in [-0.1, -0.05) is 12.1 Å². The molecule has 7 nitrogen and oxygen atoms in total. The summed E-state index contributed by atoms with van der Waals surface area (Å²) in [6, 6.07) is 7.54. The van der Waals surface area contributed by atoms with E-state index < -0.39 is 11.6 Å². The number of benzene rings is 1. The molecule has 0 atom stereocenters. The molecule has 3 rings (SSSR count). The van der Waals surface area contributed by atoms with Gasteiger partial charge in [-0.2, -0.15) is 0 Å². The molecular formula is C16H15N5O2. The van der Waals surface area contributed by atoms with Crippen molar-refractivity contribution >= 4 is 17.3 Å². The Labute approximate surface area is 131 Å². The zero-order valence-electron chi connectivity index (χ0n) is 12.2. The van der Waals surface area contributed by atoms with Crippen molar-refractivity contribution in [3.05, 3.63) is 65.5 Å². The third kappa shape index (κ3) is 3.34. The van der Waals surface area contributed by atoms with E-state index in [2.05, 4.69) is 20.2 Å². The number of aromatic nitrogens is 4. The van der Waals surface area contributed by atoms with Crippen molar-refractivity contribution in [3.8, 4) is 0 Å². The molecule has 0 saturated heterocycles. The quantitative estimate of drug-likeness (QED) is 0.360. The Balaban J connectivity index is 1.72. The Bertz CT molecular complexity index is 819. The number of carbonyl (C=O) groups is 2. The molecule has 0 fully saturated rings. The van der Waals surface area contributed by atoms with Gasteiger partial charge in [-0.15, -0.1) is 5.10 Å². The first kappa shape index (κ1) is 14.7. The average molecular weight is 309 g/mol.